The minimum Gasteiger partial charge on any atom is -0.388 e. The molecule has 0 amide bonds. The van der Waals surface area contributed by atoms with Crippen LogP contribution in [-0.2, 0) is 6.54 Å². The van der Waals surface area contributed by atoms with Crippen molar-refractivity contribution in [3.05, 3.63) is 34.9 Å². The number of nitrogens with one attached hydrogen (secondary N) is 2. The lowest BCUT2D eigenvalue weighted by atomic mass is 9.85. The molecule has 0 aromatic heterocycles. The standard InChI is InChI=1S/C17H26ClN3O.HI/c1-2-19-16(20-12-14-7-6-8-15(18)11-14)21-13-17(22)9-4-3-5-10-17;/h6-8,11,22H,2-5,9-10,12-13H2,1H3,(H2,19,20,21);1H. The van der Waals surface area contributed by atoms with Gasteiger partial charge in [-0.05, 0) is 37.5 Å². The highest BCUT2D eigenvalue weighted by Crippen LogP contribution is 2.27. The maximum Gasteiger partial charge on any atom is 0.191 e. The number of aliphatic imine (C=N–C) groups is 1. The molecule has 1 aliphatic rings. The number of aliphatic hydroxyl groups is 1. The van der Waals surface area contributed by atoms with Crippen LogP contribution in [0.15, 0.2) is 29.3 Å². The van der Waals surface area contributed by atoms with Gasteiger partial charge >= 0.3 is 0 Å². The van der Waals surface area contributed by atoms with Gasteiger partial charge in [0.1, 0.15) is 0 Å². The van der Waals surface area contributed by atoms with Crippen LogP contribution in [-0.4, -0.2) is 29.8 Å². The Balaban J connectivity index is 0.00000264. The van der Waals surface area contributed by atoms with Gasteiger partial charge < -0.3 is 15.7 Å². The summed E-state index contributed by atoms with van der Waals surface area (Å²) in [5, 5.41) is 17.8. The second kappa shape index (κ2) is 10.4. The number of guanidine groups is 1. The van der Waals surface area contributed by atoms with Gasteiger partial charge in [0.2, 0.25) is 0 Å². The molecule has 1 aromatic rings. The third-order valence-electron chi connectivity index (χ3n) is 4.02. The van der Waals surface area contributed by atoms with Crippen molar-refractivity contribution in [2.45, 2.75) is 51.2 Å². The first-order chi connectivity index (χ1) is 10.6. The molecule has 1 aliphatic carbocycles. The minimum atomic E-state index is -0.593. The Hall–Kier alpha value is -0.530. The van der Waals surface area contributed by atoms with Crippen LogP contribution in [0.25, 0.3) is 0 Å². The molecule has 0 aliphatic heterocycles. The predicted octanol–water partition coefficient (Wildman–Crippen LogP) is 3.71. The van der Waals surface area contributed by atoms with Crippen molar-refractivity contribution >= 4 is 41.5 Å². The molecule has 0 atom stereocenters. The first-order valence-electron chi connectivity index (χ1n) is 8.10. The molecule has 4 nitrogen and oxygen atoms in total. The van der Waals surface area contributed by atoms with E-state index in [1.807, 2.05) is 31.2 Å². The number of benzene rings is 1. The van der Waals surface area contributed by atoms with E-state index in [0.717, 1.165) is 48.8 Å². The third kappa shape index (κ3) is 7.27. The number of halogens is 2. The molecule has 1 fully saturated rings. The van der Waals surface area contributed by atoms with Crippen molar-refractivity contribution in [3.63, 3.8) is 0 Å². The summed E-state index contributed by atoms with van der Waals surface area (Å²) in [5.74, 6) is 0.737. The largest absolute Gasteiger partial charge is 0.388 e. The van der Waals surface area contributed by atoms with Crippen molar-refractivity contribution in [2.24, 2.45) is 4.99 Å². The van der Waals surface area contributed by atoms with E-state index in [1.54, 1.807) is 0 Å². The number of hydrogen-bond donors (Lipinski definition) is 3. The minimum absolute atomic E-state index is 0. The van der Waals surface area contributed by atoms with E-state index in [2.05, 4.69) is 15.6 Å². The molecule has 23 heavy (non-hydrogen) atoms. The Morgan fingerprint density at radius 2 is 2.00 bits per heavy atom. The summed E-state index contributed by atoms with van der Waals surface area (Å²) in [5.41, 5.74) is 0.478. The SMILES string of the molecule is CCNC(=NCc1cccc(Cl)c1)NCC1(O)CCCCC1.I. The monoisotopic (exact) mass is 451 g/mol. The summed E-state index contributed by atoms with van der Waals surface area (Å²) in [6.45, 7) is 3.94. The van der Waals surface area contributed by atoms with Gasteiger partial charge in [0, 0.05) is 18.1 Å². The molecule has 3 N–H and O–H groups in total. The predicted molar refractivity (Wildman–Crippen MR) is 108 cm³/mol. The van der Waals surface area contributed by atoms with Crippen LogP contribution in [0.3, 0.4) is 0 Å². The fraction of sp³-hybridized carbons (Fsp3) is 0.588. The molecule has 1 saturated carbocycles. The van der Waals surface area contributed by atoms with Crippen LogP contribution in [0, 0.1) is 0 Å². The average molecular weight is 452 g/mol. The smallest absolute Gasteiger partial charge is 0.191 e. The quantitative estimate of drug-likeness (QED) is 0.363. The van der Waals surface area contributed by atoms with Crippen LogP contribution in [0.5, 0.6) is 0 Å². The summed E-state index contributed by atoms with van der Waals surface area (Å²) in [7, 11) is 0. The fourth-order valence-corrected chi connectivity index (χ4v) is 3.00. The Bertz CT molecular complexity index is 504. The van der Waals surface area contributed by atoms with Crippen molar-refractivity contribution in [3.8, 4) is 0 Å². The number of hydrogen-bond acceptors (Lipinski definition) is 2. The van der Waals surface area contributed by atoms with E-state index in [1.165, 1.54) is 6.42 Å². The average Bonchev–Trinajstić information content (AvgIpc) is 2.51. The zero-order chi connectivity index (χ0) is 15.8. The van der Waals surface area contributed by atoms with Crippen molar-refractivity contribution in [1.82, 2.24) is 10.6 Å². The summed E-state index contributed by atoms with van der Waals surface area (Å²) < 4.78 is 0. The van der Waals surface area contributed by atoms with Crippen molar-refractivity contribution in [2.75, 3.05) is 13.1 Å². The van der Waals surface area contributed by atoms with Gasteiger partial charge in [-0.15, -0.1) is 24.0 Å². The fourth-order valence-electron chi connectivity index (χ4n) is 2.78. The highest BCUT2D eigenvalue weighted by Gasteiger charge is 2.29. The molecule has 0 bridgehead atoms. The summed E-state index contributed by atoms with van der Waals surface area (Å²) >= 11 is 5.99. The van der Waals surface area contributed by atoms with E-state index in [9.17, 15) is 5.11 Å². The Morgan fingerprint density at radius 1 is 1.26 bits per heavy atom. The van der Waals surface area contributed by atoms with Gasteiger partial charge in [-0.25, -0.2) is 4.99 Å². The van der Waals surface area contributed by atoms with Crippen molar-refractivity contribution < 1.29 is 5.11 Å². The molecule has 1 aromatic carbocycles. The zero-order valence-electron chi connectivity index (χ0n) is 13.6. The molecule has 6 heteroatoms. The van der Waals surface area contributed by atoms with Crippen molar-refractivity contribution in [1.29, 1.82) is 0 Å². The van der Waals surface area contributed by atoms with Crippen LogP contribution < -0.4 is 10.6 Å². The molecule has 0 unspecified atom stereocenters. The molecule has 0 radical (unpaired) electrons. The summed E-state index contributed by atoms with van der Waals surface area (Å²) in [6, 6.07) is 7.71. The molecule has 2 rings (SSSR count). The second-order valence-corrected chi connectivity index (χ2v) is 6.40. The Morgan fingerprint density at radius 3 is 2.65 bits per heavy atom. The maximum absolute atomic E-state index is 10.5. The van der Waals surface area contributed by atoms with E-state index in [4.69, 9.17) is 11.6 Å². The Labute approximate surface area is 161 Å². The number of rotatable bonds is 5. The summed E-state index contributed by atoms with van der Waals surface area (Å²) in [4.78, 5) is 4.57. The maximum atomic E-state index is 10.5. The van der Waals surface area contributed by atoms with Gasteiger partial charge in [-0.1, -0.05) is 43.0 Å². The molecule has 130 valence electrons. The van der Waals surface area contributed by atoms with E-state index in [-0.39, 0.29) is 24.0 Å². The second-order valence-electron chi connectivity index (χ2n) is 5.96. The van der Waals surface area contributed by atoms with Crippen LogP contribution in [0.2, 0.25) is 5.02 Å². The molecule has 0 heterocycles. The molecule has 0 spiro atoms. The van der Waals surface area contributed by atoms with E-state index < -0.39 is 5.60 Å². The molecular formula is C17H27ClIN3O. The molecular weight excluding hydrogens is 425 g/mol. The van der Waals surface area contributed by atoms with Crippen LogP contribution >= 0.6 is 35.6 Å². The number of nitrogens with zero attached hydrogens (tertiary/aromatic N) is 1. The van der Waals surface area contributed by atoms with Gasteiger partial charge in [-0.2, -0.15) is 0 Å². The lowest BCUT2D eigenvalue weighted by molar-refractivity contribution is 0.00859. The van der Waals surface area contributed by atoms with E-state index in [0.29, 0.717) is 13.1 Å². The lowest BCUT2D eigenvalue weighted by Gasteiger charge is -2.32. The first kappa shape index (κ1) is 20.5. The van der Waals surface area contributed by atoms with Gasteiger partial charge in [0.05, 0.1) is 12.1 Å². The molecule has 0 saturated heterocycles. The van der Waals surface area contributed by atoms with E-state index >= 15 is 0 Å². The third-order valence-corrected chi connectivity index (χ3v) is 4.26. The topological polar surface area (TPSA) is 56.7 Å². The van der Waals surface area contributed by atoms with Gasteiger partial charge in [-0.3, -0.25) is 0 Å². The highest BCUT2D eigenvalue weighted by atomic mass is 127. The zero-order valence-corrected chi connectivity index (χ0v) is 16.7. The first-order valence-corrected chi connectivity index (χ1v) is 8.48. The lowest BCUT2D eigenvalue weighted by Crippen LogP contribution is -2.48. The van der Waals surface area contributed by atoms with Crippen LogP contribution in [0.1, 0.15) is 44.6 Å². The van der Waals surface area contributed by atoms with Gasteiger partial charge in [0.15, 0.2) is 5.96 Å². The normalized spacial score (nSPS) is 17.3. The highest BCUT2D eigenvalue weighted by molar-refractivity contribution is 14.0. The van der Waals surface area contributed by atoms with Gasteiger partial charge in [0.25, 0.3) is 0 Å². The Kier molecular flexibility index (Phi) is 9.24. The van der Waals surface area contributed by atoms with Crippen LogP contribution in [0.4, 0.5) is 0 Å². The summed E-state index contributed by atoms with van der Waals surface area (Å²) in [6.07, 6.45) is 5.18.